The lowest BCUT2D eigenvalue weighted by molar-refractivity contribution is -0.150. The van der Waals surface area contributed by atoms with Gasteiger partial charge in [0.1, 0.15) is 0 Å². The predicted molar refractivity (Wildman–Crippen MR) is 45.4 cm³/mol. The second-order valence-electron chi connectivity index (χ2n) is 3.47. The Kier molecular flexibility index (Phi) is 2.43. The third-order valence-corrected chi connectivity index (χ3v) is 2.18. The van der Waals surface area contributed by atoms with Crippen molar-refractivity contribution in [3.63, 3.8) is 0 Å². The van der Waals surface area contributed by atoms with Crippen LogP contribution in [0.1, 0.15) is 19.4 Å². The maximum atomic E-state index is 10.6. The van der Waals surface area contributed by atoms with Gasteiger partial charge in [0.2, 0.25) is 0 Å². The summed E-state index contributed by atoms with van der Waals surface area (Å²) in [5.41, 5.74) is -0.166. The molecule has 72 valence electrons. The van der Waals surface area contributed by atoms with Crippen molar-refractivity contribution in [2.75, 3.05) is 0 Å². The first-order chi connectivity index (χ1) is 5.96. The van der Waals surface area contributed by atoms with E-state index in [9.17, 15) is 9.90 Å². The second kappa shape index (κ2) is 3.22. The molecule has 0 bridgehead atoms. The molecule has 0 amide bonds. The number of rotatable bonds is 3. The van der Waals surface area contributed by atoms with Gasteiger partial charge >= 0.3 is 5.97 Å². The molecule has 0 fully saturated rings. The van der Waals surface area contributed by atoms with Gasteiger partial charge in [-0.3, -0.25) is 0 Å². The fraction of sp³-hybridized carbons (Fsp3) is 0.444. The summed E-state index contributed by atoms with van der Waals surface area (Å²) >= 11 is 0. The highest BCUT2D eigenvalue weighted by Crippen LogP contribution is 2.27. The van der Waals surface area contributed by atoms with E-state index < -0.39 is 17.5 Å². The lowest BCUT2D eigenvalue weighted by Gasteiger charge is -2.26. The van der Waals surface area contributed by atoms with Crippen molar-refractivity contribution in [2.24, 2.45) is 0 Å². The fourth-order valence-corrected chi connectivity index (χ4v) is 1.10. The molecular formula is C9H12O4. The molecule has 0 saturated heterocycles. The van der Waals surface area contributed by atoms with Crippen LogP contribution in [0.15, 0.2) is 23.0 Å². The molecule has 0 aromatic carbocycles. The Hall–Kier alpha value is -1.29. The summed E-state index contributed by atoms with van der Waals surface area (Å²) in [7, 11) is 0. The van der Waals surface area contributed by atoms with Gasteiger partial charge in [0.15, 0.2) is 6.10 Å². The van der Waals surface area contributed by atoms with Gasteiger partial charge in [0, 0.05) is 5.41 Å². The number of furan rings is 1. The highest BCUT2D eigenvalue weighted by molar-refractivity contribution is 5.74. The van der Waals surface area contributed by atoms with Crippen LogP contribution in [0.2, 0.25) is 0 Å². The Morgan fingerprint density at radius 2 is 2.23 bits per heavy atom. The zero-order chi connectivity index (χ0) is 10.1. The average molecular weight is 184 g/mol. The van der Waals surface area contributed by atoms with E-state index >= 15 is 0 Å². The molecule has 0 spiro atoms. The topological polar surface area (TPSA) is 70.7 Å². The highest BCUT2D eigenvalue weighted by atomic mass is 16.4. The van der Waals surface area contributed by atoms with Gasteiger partial charge in [-0.15, -0.1) is 0 Å². The molecule has 4 nitrogen and oxygen atoms in total. The van der Waals surface area contributed by atoms with Crippen LogP contribution >= 0.6 is 0 Å². The van der Waals surface area contributed by atoms with Gasteiger partial charge in [-0.05, 0) is 11.6 Å². The zero-order valence-corrected chi connectivity index (χ0v) is 7.52. The fourth-order valence-electron chi connectivity index (χ4n) is 1.10. The molecule has 0 aliphatic heterocycles. The van der Waals surface area contributed by atoms with Gasteiger partial charge < -0.3 is 14.6 Å². The molecule has 2 N–H and O–H groups in total. The van der Waals surface area contributed by atoms with Crippen LogP contribution in [0.4, 0.5) is 0 Å². The Balaban J connectivity index is 2.95. The van der Waals surface area contributed by atoms with E-state index in [4.69, 9.17) is 9.52 Å². The minimum absolute atomic E-state index is 0.669. The Bertz CT molecular complexity index is 287. The number of aliphatic hydroxyl groups is 1. The molecule has 0 radical (unpaired) electrons. The number of carboxylic acid groups (broad SMARTS) is 1. The number of aliphatic carboxylic acids is 1. The van der Waals surface area contributed by atoms with Gasteiger partial charge in [0.05, 0.1) is 12.5 Å². The molecule has 0 aliphatic rings. The minimum atomic E-state index is -1.43. The zero-order valence-electron chi connectivity index (χ0n) is 7.52. The van der Waals surface area contributed by atoms with Crippen LogP contribution in [0, 0.1) is 0 Å². The first-order valence-corrected chi connectivity index (χ1v) is 3.90. The van der Waals surface area contributed by atoms with Crippen molar-refractivity contribution in [2.45, 2.75) is 25.4 Å². The monoisotopic (exact) mass is 184 g/mol. The van der Waals surface area contributed by atoms with E-state index in [2.05, 4.69) is 0 Å². The molecular weight excluding hydrogens is 172 g/mol. The number of hydrogen-bond donors (Lipinski definition) is 2. The van der Waals surface area contributed by atoms with Gasteiger partial charge in [0.25, 0.3) is 0 Å². The van der Waals surface area contributed by atoms with E-state index in [0.717, 1.165) is 0 Å². The van der Waals surface area contributed by atoms with E-state index in [0.29, 0.717) is 5.56 Å². The van der Waals surface area contributed by atoms with E-state index in [1.54, 1.807) is 19.9 Å². The van der Waals surface area contributed by atoms with Crippen molar-refractivity contribution in [3.8, 4) is 0 Å². The molecule has 1 unspecified atom stereocenters. The van der Waals surface area contributed by atoms with Crippen molar-refractivity contribution >= 4 is 5.97 Å². The molecule has 0 aliphatic carbocycles. The van der Waals surface area contributed by atoms with E-state index in [1.807, 2.05) is 0 Å². The van der Waals surface area contributed by atoms with E-state index in [-0.39, 0.29) is 0 Å². The minimum Gasteiger partial charge on any atom is -0.479 e. The van der Waals surface area contributed by atoms with Crippen molar-refractivity contribution in [1.82, 2.24) is 0 Å². The summed E-state index contributed by atoms with van der Waals surface area (Å²) in [6.45, 7) is 3.30. The normalized spacial score (nSPS) is 14.1. The van der Waals surface area contributed by atoms with Crippen molar-refractivity contribution < 1.29 is 19.4 Å². The summed E-state index contributed by atoms with van der Waals surface area (Å²) in [4.78, 5) is 10.6. The van der Waals surface area contributed by atoms with Crippen LogP contribution < -0.4 is 0 Å². The Labute approximate surface area is 75.8 Å². The molecule has 1 aromatic rings. The van der Waals surface area contributed by atoms with Crippen LogP contribution in [-0.2, 0) is 10.2 Å². The largest absolute Gasteiger partial charge is 0.479 e. The second-order valence-corrected chi connectivity index (χ2v) is 3.47. The number of carbonyl (C=O) groups is 1. The Morgan fingerprint density at radius 3 is 2.62 bits per heavy atom. The first-order valence-electron chi connectivity index (χ1n) is 3.90. The first kappa shape index (κ1) is 9.80. The summed E-state index contributed by atoms with van der Waals surface area (Å²) in [5.74, 6) is -1.23. The molecule has 0 saturated carbocycles. The maximum Gasteiger partial charge on any atom is 0.333 e. The smallest absolute Gasteiger partial charge is 0.333 e. The molecule has 4 heteroatoms. The third-order valence-electron chi connectivity index (χ3n) is 2.18. The number of aliphatic hydroxyl groups excluding tert-OH is 1. The lowest BCUT2D eigenvalue weighted by Crippen LogP contribution is -2.39. The van der Waals surface area contributed by atoms with Crippen molar-refractivity contribution in [3.05, 3.63) is 24.2 Å². The quantitative estimate of drug-likeness (QED) is 0.735. The van der Waals surface area contributed by atoms with Crippen LogP contribution in [0.3, 0.4) is 0 Å². The summed E-state index contributed by atoms with van der Waals surface area (Å²) in [6.07, 6.45) is 1.46. The number of carboxylic acids is 1. The average Bonchev–Trinajstić information content (AvgIpc) is 2.54. The summed E-state index contributed by atoms with van der Waals surface area (Å²) in [6, 6.07) is 1.64. The van der Waals surface area contributed by atoms with Crippen molar-refractivity contribution in [1.29, 1.82) is 0 Å². The van der Waals surface area contributed by atoms with Gasteiger partial charge in [-0.1, -0.05) is 13.8 Å². The molecule has 13 heavy (non-hydrogen) atoms. The Morgan fingerprint density at radius 1 is 1.62 bits per heavy atom. The van der Waals surface area contributed by atoms with Crippen LogP contribution in [-0.4, -0.2) is 22.3 Å². The third kappa shape index (κ3) is 1.72. The van der Waals surface area contributed by atoms with Crippen LogP contribution in [0.25, 0.3) is 0 Å². The molecule has 1 aromatic heterocycles. The number of hydrogen-bond acceptors (Lipinski definition) is 3. The predicted octanol–water partition coefficient (Wildman–Crippen LogP) is 1.00. The van der Waals surface area contributed by atoms with Crippen LogP contribution in [0.5, 0.6) is 0 Å². The summed E-state index contributed by atoms with van der Waals surface area (Å²) in [5, 5.41) is 18.0. The van der Waals surface area contributed by atoms with Gasteiger partial charge in [-0.25, -0.2) is 4.79 Å². The molecule has 1 rings (SSSR count). The summed E-state index contributed by atoms with van der Waals surface area (Å²) < 4.78 is 4.83. The van der Waals surface area contributed by atoms with Gasteiger partial charge in [-0.2, -0.15) is 0 Å². The standard InChI is InChI=1S/C9H12O4/c1-9(2,7(10)8(11)12)6-3-4-13-5-6/h3-5,7,10H,1-2H3,(H,11,12). The maximum absolute atomic E-state index is 10.6. The SMILES string of the molecule is CC(C)(c1ccoc1)C(O)C(=O)O. The van der Waals surface area contributed by atoms with E-state index in [1.165, 1.54) is 12.5 Å². The molecule has 1 atom stereocenters. The highest BCUT2D eigenvalue weighted by Gasteiger charge is 2.35. The molecule has 1 heterocycles. The lowest BCUT2D eigenvalue weighted by atomic mass is 9.81.